The lowest BCUT2D eigenvalue weighted by atomic mass is 9.87. The molecule has 1 aliphatic heterocycles. The highest BCUT2D eigenvalue weighted by Crippen LogP contribution is 2.31. The van der Waals surface area contributed by atoms with Crippen LogP contribution in [-0.4, -0.2) is 71.9 Å². The van der Waals surface area contributed by atoms with Crippen molar-refractivity contribution >= 4 is 46.0 Å². The van der Waals surface area contributed by atoms with Crippen LogP contribution in [0.4, 0.5) is 10.1 Å². The molecule has 9 nitrogen and oxygen atoms in total. The van der Waals surface area contributed by atoms with E-state index < -0.39 is 11.7 Å². The van der Waals surface area contributed by atoms with Crippen LogP contribution in [0, 0.1) is 11.7 Å². The molecule has 1 saturated heterocycles. The normalized spacial score (nSPS) is 21.5. The predicted octanol–water partition coefficient (Wildman–Crippen LogP) is 6.30. The van der Waals surface area contributed by atoms with Crippen LogP contribution in [0.3, 0.4) is 0 Å². The maximum absolute atomic E-state index is 15.4. The Balaban J connectivity index is 1.22. The molecule has 0 unspecified atom stereocenters. The van der Waals surface area contributed by atoms with Gasteiger partial charge in [0, 0.05) is 37.3 Å². The smallest absolute Gasteiger partial charge is 0.308 e. The van der Waals surface area contributed by atoms with E-state index in [1.807, 2.05) is 49.7 Å². The van der Waals surface area contributed by atoms with E-state index in [1.165, 1.54) is 12.1 Å². The van der Waals surface area contributed by atoms with Crippen molar-refractivity contribution in [1.82, 2.24) is 9.47 Å². The molecule has 5 rings (SSSR count). The molecule has 0 radical (unpaired) electrons. The zero-order valence-corrected chi connectivity index (χ0v) is 27.5. The SMILES string of the molecule is CCCO[C@H]1C[C@@H](CO[C@H]2CC[C@H](C(=O)OCC)CC2)N(C(=O)Cc2cc(Cl)c(NC(=O)c3cn(C)c4ccccc34)cc2F)C1. The van der Waals surface area contributed by atoms with E-state index in [4.69, 9.17) is 25.8 Å². The third kappa shape index (κ3) is 7.90. The minimum Gasteiger partial charge on any atom is -0.466 e. The minimum absolute atomic E-state index is 0.00567. The molecule has 1 N–H and O–H groups in total. The van der Waals surface area contributed by atoms with Gasteiger partial charge in [0.1, 0.15) is 5.82 Å². The van der Waals surface area contributed by atoms with Gasteiger partial charge in [-0.2, -0.15) is 0 Å². The maximum atomic E-state index is 15.4. The second-order valence-corrected chi connectivity index (χ2v) is 12.6. The Kier molecular flexibility index (Phi) is 11.4. The Morgan fingerprint density at radius 1 is 1.04 bits per heavy atom. The van der Waals surface area contributed by atoms with Crippen molar-refractivity contribution in [1.29, 1.82) is 0 Å². The summed E-state index contributed by atoms with van der Waals surface area (Å²) in [6.45, 7) is 5.56. The van der Waals surface area contributed by atoms with Crippen molar-refractivity contribution in [3.63, 3.8) is 0 Å². The number of carbonyl (C=O) groups excluding carboxylic acids is 3. The summed E-state index contributed by atoms with van der Waals surface area (Å²) < 4.78 is 34.7. The second kappa shape index (κ2) is 15.4. The van der Waals surface area contributed by atoms with Gasteiger partial charge < -0.3 is 29.0 Å². The molecule has 3 aromatic rings. The van der Waals surface area contributed by atoms with Gasteiger partial charge in [-0.05, 0) is 69.2 Å². The van der Waals surface area contributed by atoms with E-state index in [1.54, 1.807) is 11.1 Å². The lowest BCUT2D eigenvalue weighted by Gasteiger charge is -2.30. The molecule has 2 aliphatic rings. The molecular weight excluding hydrogens is 613 g/mol. The van der Waals surface area contributed by atoms with E-state index in [-0.39, 0.29) is 58.7 Å². The molecule has 1 saturated carbocycles. The molecule has 248 valence electrons. The topological polar surface area (TPSA) is 99.1 Å². The Morgan fingerprint density at radius 3 is 2.54 bits per heavy atom. The van der Waals surface area contributed by atoms with Gasteiger partial charge in [0.15, 0.2) is 0 Å². The van der Waals surface area contributed by atoms with E-state index in [9.17, 15) is 14.4 Å². The number of rotatable bonds is 12. The third-order valence-corrected chi connectivity index (χ3v) is 9.25. The first-order chi connectivity index (χ1) is 22.2. The molecule has 1 aromatic heterocycles. The van der Waals surface area contributed by atoms with Crippen LogP contribution in [0.15, 0.2) is 42.6 Å². The number of nitrogens with zero attached hydrogens (tertiary/aromatic N) is 2. The largest absolute Gasteiger partial charge is 0.466 e. The number of carbonyl (C=O) groups is 3. The van der Waals surface area contributed by atoms with Crippen LogP contribution in [0.5, 0.6) is 0 Å². The number of fused-ring (bicyclic) bond motifs is 1. The third-order valence-electron chi connectivity index (χ3n) is 8.94. The molecule has 11 heteroatoms. The standard InChI is InChI=1S/C35H43ClFN3O6/c1-4-14-45-26-17-24(21-46-25-12-10-22(11-13-25)35(43)44-5-2)40(19-26)33(41)16-23-15-29(36)31(18-30(23)37)38-34(42)28-20-39(3)32-9-7-6-8-27(28)32/h6-9,15,18,20,22,24-26H,4-5,10-14,16-17,19,21H2,1-3H3,(H,38,42)/t22-,24-,25-,26-/m0/s1. The highest BCUT2D eigenvalue weighted by atomic mass is 35.5. The Labute approximate surface area is 274 Å². The van der Waals surface area contributed by atoms with Crippen molar-refractivity contribution < 1.29 is 33.0 Å². The Bertz CT molecular complexity index is 1550. The number of aromatic nitrogens is 1. The quantitative estimate of drug-likeness (QED) is 0.230. The molecular formula is C35H43ClFN3O6. The number of halogens is 2. The monoisotopic (exact) mass is 655 g/mol. The summed E-state index contributed by atoms with van der Waals surface area (Å²) in [5.74, 6) is -1.51. The van der Waals surface area contributed by atoms with E-state index >= 15 is 4.39 Å². The van der Waals surface area contributed by atoms with Crippen LogP contribution < -0.4 is 5.32 Å². The fraction of sp³-hybridized carbons (Fsp3) is 0.514. The fourth-order valence-electron chi connectivity index (χ4n) is 6.51. The van der Waals surface area contributed by atoms with Crippen LogP contribution in [0.25, 0.3) is 10.9 Å². The van der Waals surface area contributed by atoms with Crippen LogP contribution in [0.1, 0.15) is 68.3 Å². The average molecular weight is 656 g/mol. The van der Waals surface area contributed by atoms with Crippen LogP contribution in [0.2, 0.25) is 5.02 Å². The summed E-state index contributed by atoms with van der Waals surface area (Å²) in [5, 5.41) is 3.64. The number of benzene rings is 2. The summed E-state index contributed by atoms with van der Waals surface area (Å²) in [7, 11) is 1.85. The van der Waals surface area contributed by atoms with Gasteiger partial charge in [-0.3, -0.25) is 14.4 Å². The minimum atomic E-state index is -0.630. The zero-order chi connectivity index (χ0) is 32.8. The van der Waals surface area contributed by atoms with Crippen molar-refractivity contribution in [3.05, 3.63) is 64.6 Å². The zero-order valence-electron chi connectivity index (χ0n) is 26.7. The first-order valence-corrected chi connectivity index (χ1v) is 16.6. The number of aryl methyl sites for hydroxylation is 1. The average Bonchev–Trinajstić information content (AvgIpc) is 3.62. The predicted molar refractivity (Wildman–Crippen MR) is 174 cm³/mol. The fourth-order valence-corrected chi connectivity index (χ4v) is 6.74. The van der Waals surface area contributed by atoms with Crippen LogP contribution >= 0.6 is 11.6 Å². The summed E-state index contributed by atoms with van der Waals surface area (Å²) in [5.41, 5.74) is 1.62. The van der Waals surface area contributed by atoms with Gasteiger partial charge in [-0.15, -0.1) is 0 Å². The van der Waals surface area contributed by atoms with Gasteiger partial charge in [0.25, 0.3) is 5.91 Å². The molecule has 2 amide bonds. The van der Waals surface area contributed by atoms with Gasteiger partial charge in [-0.1, -0.05) is 36.7 Å². The number of ether oxygens (including phenoxy) is 3. The summed E-state index contributed by atoms with van der Waals surface area (Å²) in [4.78, 5) is 40.5. The number of anilines is 1. The summed E-state index contributed by atoms with van der Waals surface area (Å²) in [6, 6.07) is 9.87. The van der Waals surface area contributed by atoms with Crippen molar-refractivity contribution in [2.45, 2.75) is 77.0 Å². The van der Waals surface area contributed by atoms with Crippen molar-refractivity contribution in [2.24, 2.45) is 13.0 Å². The highest BCUT2D eigenvalue weighted by Gasteiger charge is 2.37. The highest BCUT2D eigenvalue weighted by molar-refractivity contribution is 6.34. The second-order valence-electron chi connectivity index (χ2n) is 12.2. The van der Waals surface area contributed by atoms with Gasteiger partial charge in [-0.25, -0.2) is 4.39 Å². The van der Waals surface area contributed by atoms with Gasteiger partial charge in [0.2, 0.25) is 5.91 Å². The molecule has 0 bridgehead atoms. The number of nitrogens with one attached hydrogen (secondary N) is 1. The molecule has 2 fully saturated rings. The molecule has 0 spiro atoms. The number of hydrogen-bond donors (Lipinski definition) is 1. The van der Waals surface area contributed by atoms with Crippen molar-refractivity contribution in [3.8, 4) is 0 Å². The number of likely N-dealkylation sites (tertiary alicyclic amines) is 1. The number of esters is 1. The summed E-state index contributed by atoms with van der Waals surface area (Å²) >= 11 is 6.51. The maximum Gasteiger partial charge on any atom is 0.308 e. The van der Waals surface area contributed by atoms with Gasteiger partial charge in [0.05, 0.1) is 60.1 Å². The van der Waals surface area contributed by atoms with Crippen molar-refractivity contribution in [2.75, 3.05) is 31.7 Å². The molecule has 2 atom stereocenters. The Morgan fingerprint density at radius 2 is 1.80 bits per heavy atom. The summed E-state index contributed by atoms with van der Waals surface area (Å²) in [6.07, 6.45) is 5.86. The molecule has 46 heavy (non-hydrogen) atoms. The molecule has 2 aromatic carbocycles. The van der Waals surface area contributed by atoms with E-state index in [2.05, 4.69) is 5.32 Å². The van der Waals surface area contributed by atoms with Gasteiger partial charge >= 0.3 is 5.97 Å². The number of hydrogen-bond acceptors (Lipinski definition) is 6. The number of amides is 2. The lowest BCUT2D eigenvalue weighted by molar-refractivity contribution is -0.150. The first-order valence-electron chi connectivity index (χ1n) is 16.2. The molecule has 2 heterocycles. The van der Waals surface area contributed by atoms with E-state index in [0.29, 0.717) is 38.3 Å². The van der Waals surface area contributed by atoms with E-state index in [0.717, 1.165) is 43.0 Å². The van der Waals surface area contributed by atoms with Crippen LogP contribution in [-0.2, 0) is 37.3 Å². The Hall–Kier alpha value is -3.47. The lowest BCUT2D eigenvalue weighted by Crippen LogP contribution is -2.40. The first kappa shape index (κ1) is 33.9. The molecule has 1 aliphatic carbocycles. The number of para-hydroxylation sites is 1.